The molecule has 0 bridgehead atoms. The lowest BCUT2D eigenvalue weighted by atomic mass is 10.2. The lowest BCUT2D eigenvalue weighted by Crippen LogP contribution is -2.18. The lowest BCUT2D eigenvalue weighted by molar-refractivity contribution is 0.383. The van der Waals surface area contributed by atoms with Crippen LogP contribution in [0, 0.1) is 11.3 Å². The fraction of sp³-hybridized carbons (Fsp3) is 0.583. The topological polar surface area (TPSA) is 27.0 Å². The molecule has 0 N–H and O–H groups in total. The number of unbranched alkanes of at least 4 members (excludes halogenated alkanes) is 1. The first kappa shape index (κ1) is 10.8. The maximum absolute atomic E-state index is 8.37. The van der Waals surface area contributed by atoms with Gasteiger partial charge in [0.15, 0.2) is 0 Å². The smallest absolute Gasteiger partial charge is 0.0912 e. The van der Waals surface area contributed by atoms with Crippen LogP contribution in [0.15, 0.2) is 23.9 Å². The molecular weight excluding hydrogens is 172 g/mol. The summed E-state index contributed by atoms with van der Waals surface area (Å²) in [7, 11) is 0. The molecule has 0 spiro atoms. The van der Waals surface area contributed by atoms with Gasteiger partial charge in [0.05, 0.1) is 6.07 Å². The van der Waals surface area contributed by atoms with E-state index in [1.165, 1.54) is 50.5 Å². The third-order valence-electron chi connectivity index (χ3n) is 2.51. The normalized spacial score (nSPS) is 19.4. The zero-order valence-corrected chi connectivity index (χ0v) is 8.87. The molecule has 0 aromatic heterocycles. The standard InChI is InChI=1S/C12H18N2/c1-2-3-10-14-11-6-8-12(14)7-4-5-9-13/h4-5,7H,2-3,6,8,10-11H2,1H3/b5-4+,12-7+. The largest absolute Gasteiger partial charge is 0.375 e. The molecule has 1 fully saturated rings. The quantitative estimate of drug-likeness (QED) is 0.637. The third kappa shape index (κ3) is 3.26. The summed E-state index contributed by atoms with van der Waals surface area (Å²) in [4.78, 5) is 2.44. The summed E-state index contributed by atoms with van der Waals surface area (Å²) in [6.07, 6.45) is 10.4. The predicted octanol–water partition coefficient (Wildman–Crippen LogP) is 2.85. The van der Waals surface area contributed by atoms with E-state index in [9.17, 15) is 0 Å². The molecule has 0 aliphatic carbocycles. The predicted molar refractivity (Wildman–Crippen MR) is 58.6 cm³/mol. The number of likely N-dealkylation sites (tertiary alicyclic amines) is 1. The highest BCUT2D eigenvalue weighted by Gasteiger charge is 2.14. The van der Waals surface area contributed by atoms with Gasteiger partial charge in [-0.2, -0.15) is 5.26 Å². The second kappa shape index (κ2) is 6.26. The second-order valence-corrected chi connectivity index (χ2v) is 3.59. The van der Waals surface area contributed by atoms with Gasteiger partial charge in [-0.3, -0.25) is 0 Å². The van der Waals surface area contributed by atoms with Crippen molar-refractivity contribution in [1.82, 2.24) is 4.90 Å². The molecule has 1 aliphatic heterocycles. The molecule has 0 aromatic carbocycles. The number of nitrogens with zero attached hydrogens (tertiary/aromatic N) is 2. The van der Waals surface area contributed by atoms with Crippen LogP contribution in [0.3, 0.4) is 0 Å². The number of allylic oxidation sites excluding steroid dienone is 4. The average molecular weight is 190 g/mol. The number of hydrogen-bond donors (Lipinski definition) is 0. The molecule has 76 valence electrons. The zero-order chi connectivity index (χ0) is 10.2. The Morgan fingerprint density at radius 3 is 3.14 bits per heavy atom. The van der Waals surface area contributed by atoms with Gasteiger partial charge >= 0.3 is 0 Å². The van der Waals surface area contributed by atoms with Gasteiger partial charge in [-0.1, -0.05) is 19.4 Å². The third-order valence-corrected chi connectivity index (χ3v) is 2.51. The van der Waals surface area contributed by atoms with Gasteiger partial charge < -0.3 is 4.90 Å². The number of nitriles is 1. The van der Waals surface area contributed by atoms with Gasteiger partial charge in [-0.05, 0) is 25.3 Å². The Kier molecular flexibility index (Phi) is 4.85. The minimum atomic E-state index is 1.17. The molecule has 0 amide bonds. The molecule has 1 rings (SSSR count). The molecule has 14 heavy (non-hydrogen) atoms. The summed E-state index contributed by atoms with van der Waals surface area (Å²) in [5, 5.41) is 8.37. The minimum Gasteiger partial charge on any atom is -0.375 e. The Morgan fingerprint density at radius 1 is 1.57 bits per heavy atom. The summed E-state index contributed by atoms with van der Waals surface area (Å²) in [6, 6.07) is 2.01. The molecule has 2 nitrogen and oxygen atoms in total. The monoisotopic (exact) mass is 190 g/mol. The van der Waals surface area contributed by atoms with Gasteiger partial charge in [0.1, 0.15) is 0 Å². The molecule has 0 radical (unpaired) electrons. The van der Waals surface area contributed by atoms with Crippen LogP contribution < -0.4 is 0 Å². The molecule has 2 heteroatoms. The second-order valence-electron chi connectivity index (χ2n) is 3.59. The van der Waals surface area contributed by atoms with Crippen molar-refractivity contribution in [2.24, 2.45) is 0 Å². The van der Waals surface area contributed by atoms with Crippen LogP contribution in [-0.4, -0.2) is 18.0 Å². The zero-order valence-electron chi connectivity index (χ0n) is 8.87. The van der Waals surface area contributed by atoms with Crippen molar-refractivity contribution >= 4 is 0 Å². The first-order chi connectivity index (χ1) is 6.88. The van der Waals surface area contributed by atoms with E-state index in [-0.39, 0.29) is 0 Å². The van der Waals surface area contributed by atoms with Crippen LogP contribution in [-0.2, 0) is 0 Å². The van der Waals surface area contributed by atoms with E-state index in [0.29, 0.717) is 0 Å². The molecule has 0 atom stereocenters. The number of hydrogen-bond acceptors (Lipinski definition) is 2. The molecule has 0 unspecified atom stereocenters. The molecule has 1 heterocycles. The molecular formula is C12H18N2. The number of rotatable bonds is 4. The van der Waals surface area contributed by atoms with Crippen molar-refractivity contribution in [3.8, 4) is 6.07 Å². The first-order valence-corrected chi connectivity index (χ1v) is 5.38. The van der Waals surface area contributed by atoms with Crippen molar-refractivity contribution in [3.63, 3.8) is 0 Å². The highest BCUT2D eigenvalue weighted by molar-refractivity contribution is 5.18. The Labute approximate surface area is 86.5 Å². The molecule has 1 saturated heterocycles. The van der Waals surface area contributed by atoms with Crippen LogP contribution in [0.4, 0.5) is 0 Å². The van der Waals surface area contributed by atoms with E-state index in [0.717, 1.165) is 0 Å². The van der Waals surface area contributed by atoms with Crippen molar-refractivity contribution in [2.75, 3.05) is 13.1 Å². The van der Waals surface area contributed by atoms with Crippen molar-refractivity contribution in [1.29, 1.82) is 5.26 Å². The van der Waals surface area contributed by atoms with E-state index in [1.54, 1.807) is 0 Å². The lowest BCUT2D eigenvalue weighted by Gasteiger charge is -2.19. The van der Waals surface area contributed by atoms with E-state index in [2.05, 4.69) is 17.9 Å². The Bertz CT molecular complexity index is 258. The molecule has 1 aliphatic rings. The Hall–Kier alpha value is -1.23. The van der Waals surface area contributed by atoms with Crippen LogP contribution in [0.5, 0.6) is 0 Å². The fourth-order valence-electron chi connectivity index (χ4n) is 1.75. The molecule has 0 saturated carbocycles. The fourth-order valence-corrected chi connectivity index (χ4v) is 1.75. The van der Waals surface area contributed by atoms with Crippen molar-refractivity contribution < 1.29 is 0 Å². The Balaban J connectivity index is 2.46. The van der Waals surface area contributed by atoms with Crippen LogP contribution >= 0.6 is 0 Å². The molecule has 0 aromatic rings. The maximum atomic E-state index is 8.37. The van der Waals surface area contributed by atoms with Gasteiger partial charge in [0, 0.05) is 24.9 Å². The van der Waals surface area contributed by atoms with Crippen molar-refractivity contribution in [3.05, 3.63) is 23.9 Å². The van der Waals surface area contributed by atoms with E-state index < -0.39 is 0 Å². The van der Waals surface area contributed by atoms with Crippen LogP contribution in [0.25, 0.3) is 0 Å². The van der Waals surface area contributed by atoms with Gasteiger partial charge in [0.2, 0.25) is 0 Å². The van der Waals surface area contributed by atoms with E-state index in [1.807, 2.05) is 12.1 Å². The minimum absolute atomic E-state index is 1.17. The van der Waals surface area contributed by atoms with E-state index >= 15 is 0 Å². The van der Waals surface area contributed by atoms with Crippen LogP contribution in [0.2, 0.25) is 0 Å². The first-order valence-electron chi connectivity index (χ1n) is 5.38. The van der Waals surface area contributed by atoms with Crippen LogP contribution in [0.1, 0.15) is 32.6 Å². The summed E-state index contributed by atoms with van der Waals surface area (Å²) in [5.74, 6) is 0. The maximum Gasteiger partial charge on any atom is 0.0912 e. The van der Waals surface area contributed by atoms with Crippen molar-refractivity contribution in [2.45, 2.75) is 32.6 Å². The van der Waals surface area contributed by atoms with Gasteiger partial charge in [-0.15, -0.1) is 0 Å². The average Bonchev–Trinajstić information content (AvgIpc) is 2.63. The highest BCUT2D eigenvalue weighted by Crippen LogP contribution is 2.21. The van der Waals surface area contributed by atoms with Gasteiger partial charge in [0.25, 0.3) is 0 Å². The highest BCUT2D eigenvalue weighted by atomic mass is 15.1. The summed E-state index contributed by atoms with van der Waals surface area (Å²) in [5.41, 5.74) is 1.39. The van der Waals surface area contributed by atoms with Gasteiger partial charge in [-0.25, -0.2) is 0 Å². The Morgan fingerprint density at radius 2 is 2.43 bits per heavy atom. The summed E-state index contributed by atoms with van der Waals surface area (Å²) < 4.78 is 0. The van der Waals surface area contributed by atoms with E-state index in [4.69, 9.17) is 5.26 Å². The summed E-state index contributed by atoms with van der Waals surface area (Å²) in [6.45, 7) is 4.57. The SMILES string of the molecule is CCCCN1CCC/C1=C\C=C\C#N. The summed E-state index contributed by atoms with van der Waals surface area (Å²) >= 11 is 0.